The molecule has 2 nitrogen and oxygen atoms in total. The van der Waals surface area contributed by atoms with Crippen LogP contribution in [0.1, 0.15) is 25.7 Å². The Morgan fingerprint density at radius 1 is 1.50 bits per heavy atom. The minimum Gasteiger partial charge on any atom is -0.480 e. The molecule has 2 unspecified atom stereocenters. The van der Waals surface area contributed by atoms with E-state index in [9.17, 15) is 4.79 Å². The molecule has 0 heterocycles. The molecule has 66 valence electrons. The van der Waals surface area contributed by atoms with Crippen LogP contribution in [0.5, 0.6) is 0 Å². The summed E-state index contributed by atoms with van der Waals surface area (Å²) < 4.78 is -0.717. The molecule has 1 rings (SSSR count). The molecular weight excluding hydrogens is 476 g/mol. The van der Waals surface area contributed by atoms with E-state index < -0.39 is 10.3 Å². The van der Waals surface area contributed by atoms with Crippen LogP contribution in [-0.2, 0) is 32.5 Å². The van der Waals surface area contributed by atoms with Gasteiger partial charge in [0.2, 0.25) is 0 Å². The summed E-state index contributed by atoms with van der Waals surface area (Å²) in [5.41, 5.74) is 0. The predicted octanol–water partition coefficient (Wildman–Crippen LogP) is 2.54. The Morgan fingerprint density at radius 3 is 2.42 bits per heavy atom. The first-order valence-corrected chi connectivity index (χ1v) is 5.34. The van der Waals surface area contributed by atoms with Crippen LogP contribution in [0.3, 0.4) is 0 Å². The Bertz CT molecular complexity index is 177. The van der Waals surface area contributed by atoms with Gasteiger partial charge in [-0.25, -0.2) is 0 Å². The molecule has 0 spiro atoms. The van der Waals surface area contributed by atoms with Crippen molar-refractivity contribution in [2.45, 2.75) is 34.8 Å². The Labute approximate surface area is 109 Å². The molecule has 0 radical (unpaired) electrons. The van der Waals surface area contributed by atoms with Gasteiger partial charge in [-0.3, -0.25) is 4.79 Å². The fraction of sp³-hybridized carbons (Fsp3) is 0.857. The van der Waals surface area contributed by atoms with Crippen molar-refractivity contribution in [3.63, 3.8) is 0 Å². The van der Waals surface area contributed by atoms with E-state index in [0.29, 0.717) is 0 Å². The van der Waals surface area contributed by atoms with Crippen LogP contribution in [0.15, 0.2) is 0 Å². The Kier molecular flexibility index (Phi) is 5.90. The van der Waals surface area contributed by atoms with E-state index in [-0.39, 0.29) is 32.5 Å². The van der Waals surface area contributed by atoms with Crippen LogP contribution >= 0.6 is 31.9 Å². The van der Waals surface area contributed by atoms with Crippen molar-refractivity contribution in [2.75, 3.05) is 0 Å². The second-order valence-corrected chi connectivity index (χ2v) is 5.40. The maximum Gasteiger partial charge on any atom is 0.321 e. The number of carbonyl (C=O) groups is 1. The monoisotopic (exact) mass is 486 g/mol. The van der Waals surface area contributed by atoms with Gasteiger partial charge in [0, 0.05) is 32.5 Å². The number of halogens is 2. The van der Waals surface area contributed by atoms with Crippen LogP contribution in [0.4, 0.5) is 0 Å². The molecule has 2 atom stereocenters. The SMILES string of the molecule is O=C(O)C1(Br)CCCCC1Br.[Hg]. The number of alkyl halides is 2. The summed E-state index contributed by atoms with van der Waals surface area (Å²) in [6.07, 6.45) is 3.78. The average molecular weight is 487 g/mol. The van der Waals surface area contributed by atoms with Gasteiger partial charge in [0.05, 0.1) is 0 Å². The van der Waals surface area contributed by atoms with Crippen LogP contribution in [-0.4, -0.2) is 20.2 Å². The molecule has 1 aliphatic carbocycles. The fourth-order valence-electron chi connectivity index (χ4n) is 1.33. The quantitative estimate of drug-likeness (QED) is 0.457. The molecule has 0 aromatic heterocycles. The molecule has 0 aromatic carbocycles. The molecule has 12 heavy (non-hydrogen) atoms. The van der Waals surface area contributed by atoms with E-state index in [0.717, 1.165) is 25.7 Å². The van der Waals surface area contributed by atoms with E-state index in [2.05, 4.69) is 31.9 Å². The van der Waals surface area contributed by atoms with Crippen molar-refractivity contribution >= 4 is 37.8 Å². The third kappa shape index (κ3) is 2.67. The van der Waals surface area contributed by atoms with E-state index in [4.69, 9.17) is 5.11 Å². The standard InChI is InChI=1S/C7H10Br2O2.Hg/c8-5-3-1-2-4-7(5,9)6(10)11;/h5H,1-4H2,(H,10,11);. The van der Waals surface area contributed by atoms with Gasteiger partial charge in [0.25, 0.3) is 0 Å². The zero-order chi connectivity index (χ0) is 8.48. The molecule has 0 bridgehead atoms. The number of carboxylic acid groups (broad SMARTS) is 1. The molecule has 1 aliphatic rings. The summed E-state index contributed by atoms with van der Waals surface area (Å²) in [5.74, 6) is -0.751. The fourth-order valence-corrected chi connectivity index (χ4v) is 2.59. The number of hydrogen-bond donors (Lipinski definition) is 1. The second-order valence-electron chi connectivity index (χ2n) is 2.88. The van der Waals surface area contributed by atoms with Gasteiger partial charge >= 0.3 is 5.97 Å². The van der Waals surface area contributed by atoms with Gasteiger partial charge in [-0.05, 0) is 12.8 Å². The van der Waals surface area contributed by atoms with Gasteiger partial charge in [-0.1, -0.05) is 44.7 Å². The molecular formula is C7H10Br2HgO2. The summed E-state index contributed by atoms with van der Waals surface area (Å²) >= 11 is 6.66. The molecule has 1 N–H and O–H groups in total. The molecule has 0 aromatic rings. The molecule has 1 saturated carbocycles. The van der Waals surface area contributed by atoms with E-state index >= 15 is 0 Å². The Morgan fingerprint density at radius 2 is 2.08 bits per heavy atom. The zero-order valence-corrected chi connectivity index (χ0v) is 15.4. The smallest absolute Gasteiger partial charge is 0.321 e. The summed E-state index contributed by atoms with van der Waals surface area (Å²) in [4.78, 5) is 10.9. The maximum atomic E-state index is 10.8. The Hall–Kier alpha value is 1.37. The van der Waals surface area contributed by atoms with Crippen molar-refractivity contribution in [3.05, 3.63) is 0 Å². The van der Waals surface area contributed by atoms with Crippen LogP contribution in [0.25, 0.3) is 0 Å². The molecule has 0 aliphatic heterocycles. The van der Waals surface area contributed by atoms with Crippen molar-refractivity contribution in [1.29, 1.82) is 0 Å². The van der Waals surface area contributed by atoms with Crippen molar-refractivity contribution < 1.29 is 37.6 Å². The molecule has 0 saturated heterocycles. The number of aliphatic carboxylic acids is 1. The van der Waals surface area contributed by atoms with Crippen molar-refractivity contribution in [2.24, 2.45) is 0 Å². The third-order valence-electron chi connectivity index (χ3n) is 2.10. The van der Waals surface area contributed by atoms with Gasteiger partial charge in [0.15, 0.2) is 0 Å². The normalized spacial score (nSPS) is 35.3. The van der Waals surface area contributed by atoms with Gasteiger partial charge in [0.1, 0.15) is 4.32 Å². The summed E-state index contributed by atoms with van der Waals surface area (Å²) in [6.45, 7) is 0. The van der Waals surface area contributed by atoms with E-state index in [1.54, 1.807) is 0 Å². The maximum absolute atomic E-state index is 10.8. The van der Waals surface area contributed by atoms with E-state index in [1.807, 2.05) is 0 Å². The average Bonchev–Trinajstić information content (AvgIpc) is 1.95. The first-order valence-electron chi connectivity index (χ1n) is 3.64. The Balaban J connectivity index is 0.00000121. The van der Waals surface area contributed by atoms with Crippen LogP contribution < -0.4 is 0 Å². The summed E-state index contributed by atoms with van der Waals surface area (Å²) in [5, 5.41) is 8.89. The summed E-state index contributed by atoms with van der Waals surface area (Å²) in [7, 11) is 0. The first-order chi connectivity index (χ1) is 5.07. The molecule has 5 heteroatoms. The predicted molar refractivity (Wildman–Crippen MR) is 50.5 cm³/mol. The van der Waals surface area contributed by atoms with Gasteiger partial charge in [-0.2, -0.15) is 0 Å². The molecule has 0 amide bonds. The number of carboxylic acids is 1. The minimum atomic E-state index is -0.751. The van der Waals surface area contributed by atoms with Crippen LogP contribution in [0, 0.1) is 0 Å². The van der Waals surface area contributed by atoms with Crippen molar-refractivity contribution in [1.82, 2.24) is 0 Å². The number of hydrogen-bond acceptors (Lipinski definition) is 1. The van der Waals surface area contributed by atoms with Gasteiger partial charge in [-0.15, -0.1) is 0 Å². The van der Waals surface area contributed by atoms with Gasteiger partial charge < -0.3 is 5.11 Å². The van der Waals surface area contributed by atoms with Crippen LogP contribution in [0.2, 0.25) is 0 Å². The number of rotatable bonds is 1. The molecule has 1 fully saturated rings. The zero-order valence-electron chi connectivity index (χ0n) is 6.72. The summed E-state index contributed by atoms with van der Waals surface area (Å²) in [6, 6.07) is 0. The topological polar surface area (TPSA) is 37.3 Å². The first kappa shape index (κ1) is 13.4. The van der Waals surface area contributed by atoms with Crippen molar-refractivity contribution in [3.8, 4) is 0 Å². The minimum absolute atomic E-state index is 0. The second kappa shape index (κ2) is 5.30. The van der Waals surface area contributed by atoms with E-state index in [1.165, 1.54) is 0 Å². The third-order valence-corrected chi connectivity index (χ3v) is 5.24. The largest absolute Gasteiger partial charge is 0.480 e.